The first kappa shape index (κ1) is 23.4. The predicted octanol–water partition coefficient (Wildman–Crippen LogP) is 4.89. The van der Waals surface area contributed by atoms with Gasteiger partial charge in [0.05, 0.1) is 15.5 Å². The third-order valence-electron chi connectivity index (χ3n) is 5.31. The first-order chi connectivity index (χ1) is 16.7. The van der Waals surface area contributed by atoms with Gasteiger partial charge in [-0.25, -0.2) is 13.4 Å². The topological polar surface area (TPSA) is 152 Å². The van der Waals surface area contributed by atoms with Crippen molar-refractivity contribution in [2.24, 2.45) is 0 Å². The molecule has 0 saturated carbocycles. The number of aromatic nitrogens is 1. The van der Waals surface area contributed by atoms with Gasteiger partial charge in [0.1, 0.15) is 17.5 Å². The third-order valence-corrected chi connectivity index (χ3v) is 6.71. The highest BCUT2D eigenvalue weighted by atomic mass is 32.2. The van der Waals surface area contributed by atoms with E-state index in [1.807, 2.05) is 13.0 Å². The highest BCUT2D eigenvalue weighted by molar-refractivity contribution is 7.92. The van der Waals surface area contributed by atoms with Crippen molar-refractivity contribution >= 4 is 27.2 Å². The maximum atomic E-state index is 12.6. The number of rotatable bonds is 6. The number of pyridine rings is 1. The lowest BCUT2D eigenvalue weighted by molar-refractivity contribution is -0.384. The molecule has 10 heteroatoms. The third kappa shape index (κ3) is 4.95. The van der Waals surface area contributed by atoms with Crippen LogP contribution in [-0.4, -0.2) is 18.3 Å². The summed E-state index contributed by atoms with van der Waals surface area (Å²) in [7, 11) is -3.75. The summed E-state index contributed by atoms with van der Waals surface area (Å²) in [5, 5.41) is 20.5. The zero-order valence-corrected chi connectivity index (χ0v) is 19.3. The van der Waals surface area contributed by atoms with Crippen LogP contribution in [0.15, 0.2) is 83.8 Å². The molecule has 0 aliphatic carbocycles. The zero-order chi connectivity index (χ0) is 25.2. The van der Waals surface area contributed by atoms with E-state index in [0.717, 1.165) is 5.56 Å². The highest BCUT2D eigenvalue weighted by Gasteiger charge is 2.16. The van der Waals surface area contributed by atoms with Crippen molar-refractivity contribution in [2.75, 3.05) is 10.5 Å². The van der Waals surface area contributed by atoms with Gasteiger partial charge in [-0.3, -0.25) is 14.8 Å². The molecule has 0 atom stereocenters. The van der Waals surface area contributed by atoms with Crippen LogP contribution in [0.3, 0.4) is 0 Å². The van der Waals surface area contributed by atoms with Crippen molar-refractivity contribution in [3.63, 3.8) is 0 Å². The Balaban J connectivity index is 1.66. The van der Waals surface area contributed by atoms with E-state index in [1.54, 1.807) is 54.6 Å². The highest BCUT2D eigenvalue weighted by Crippen LogP contribution is 2.32. The summed E-state index contributed by atoms with van der Waals surface area (Å²) >= 11 is 0. The van der Waals surface area contributed by atoms with E-state index in [4.69, 9.17) is 5.73 Å². The summed E-state index contributed by atoms with van der Waals surface area (Å²) in [6, 6.07) is 22.6. The predicted molar refractivity (Wildman–Crippen MR) is 133 cm³/mol. The SMILES string of the molecule is Cc1ccc(S(=O)(=O)Nc2ccc(-c3cc(-c4ccc([N+](=O)[O-])cc4)c(C#N)c(N)n3)cc2)cc1. The minimum absolute atomic E-state index is 0.0162. The number of aryl methyl sites for hydroxylation is 1. The largest absolute Gasteiger partial charge is 0.383 e. The molecule has 3 N–H and O–H groups in total. The molecule has 1 aromatic heterocycles. The Morgan fingerprint density at radius 3 is 2.14 bits per heavy atom. The molecular formula is C25H19N5O4S. The molecule has 0 aliphatic rings. The van der Waals surface area contributed by atoms with E-state index >= 15 is 0 Å². The van der Waals surface area contributed by atoms with Crippen LogP contribution in [0.25, 0.3) is 22.4 Å². The van der Waals surface area contributed by atoms with Crippen molar-refractivity contribution in [3.05, 3.63) is 100 Å². The Bertz CT molecular complexity index is 1560. The first-order valence-electron chi connectivity index (χ1n) is 10.3. The van der Waals surface area contributed by atoms with Crippen LogP contribution < -0.4 is 10.5 Å². The van der Waals surface area contributed by atoms with Crippen LogP contribution in [0.1, 0.15) is 11.1 Å². The van der Waals surface area contributed by atoms with Crippen molar-refractivity contribution in [2.45, 2.75) is 11.8 Å². The van der Waals surface area contributed by atoms with Gasteiger partial charge in [0.25, 0.3) is 15.7 Å². The van der Waals surface area contributed by atoms with Crippen LogP contribution in [0.2, 0.25) is 0 Å². The molecular weight excluding hydrogens is 466 g/mol. The van der Waals surface area contributed by atoms with Gasteiger partial charge in [0.15, 0.2) is 0 Å². The lowest BCUT2D eigenvalue weighted by Crippen LogP contribution is -2.12. The number of hydrogen-bond acceptors (Lipinski definition) is 7. The van der Waals surface area contributed by atoms with Gasteiger partial charge in [0.2, 0.25) is 0 Å². The molecule has 4 rings (SSSR count). The maximum absolute atomic E-state index is 12.6. The molecule has 0 amide bonds. The molecule has 3 aromatic carbocycles. The van der Waals surface area contributed by atoms with Gasteiger partial charge in [-0.05, 0) is 55.0 Å². The molecule has 35 heavy (non-hydrogen) atoms. The fourth-order valence-electron chi connectivity index (χ4n) is 3.46. The van der Waals surface area contributed by atoms with E-state index < -0.39 is 14.9 Å². The van der Waals surface area contributed by atoms with Crippen LogP contribution in [0.4, 0.5) is 17.2 Å². The smallest absolute Gasteiger partial charge is 0.269 e. The Labute approximate surface area is 201 Å². The Hall–Kier alpha value is -4.75. The van der Waals surface area contributed by atoms with Gasteiger partial charge >= 0.3 is 0 Å². The standard InChI is InChI=1S/C25H19N5O4S/c1-16-2-12-21(13-3-16)35(33,34)29-19-8-4-18(5-9-19)24-14-22(23(15-26)25(27)28-24)17-6-10-20(11-7-17)30(31)32/h2-14,29H,1H3,(H2,27,28). The van der Waals surface area contributed by atoms with Gasteiger partial charge in [-0.1, -0.05) is 29.8 Å². The average molecular weight is 486 g/mol. The monoisotopic (exact) mass is 485 g/mol. The first-order valence-corrected chi connectivity index (χ1v) is 11.8. The van der Waals surface area contributed by atoms with Gasteiger partial charge in [-0.2, -0.15) is 5.26 Å². The normalized spacial score (nSPS) is 11.0. The summed E-state index contributed by atoms with van der Waals surface area (Å²) in [4.78, 5) is 14.9. The van der Waals surface area contributed by atoms with Crippen LogP contribution in [0, 0.1) is 28.4 Å². The van der Waals surface area contributed by atoms with Crippen molar-refractivity contribution in [3.8, 4) is 28.5 Å². The number of nitro groups is 1. The number of nitro benzene ring substituents is 1. The quantitative estimate of drug-likeness (QED) is 0.291. The Morgan fingerprint density at radius 1 is 0.971 bits per heavy atom. The number of nitriles is 1. The minimum Gasteiger partial charge on any atom is -0.383 e. The summed E-state index contributed by atoms with van der Waals surface area (Å²) in [5.74, 6) is 0.0162. The molecule has 0 aliphatic heterocycles. The average Bonchev–Trinajstić information content (AvgIpc) is 2.84. The number of non-ortho nitro benzene ring substituents is 1. The number of hydrogen-bond donors (Lipinski definition) is 2. The van der Waals surface area contributed by atoms with Gasteiger partial charge < -0.3 is 5.73 Å². The number of benzene rings is 3. The minimum atomic E-state index is -3.75. The van der Waals surface area contributed by atoms with Crippen LogP contribution in [0.5, 0.6) is 0 Å². The van der Waals surface area contributed by atoms with Crippen LogP contribution in [-0.2, 0) is 10.0 Å². The summed E-state index contributed by atoms with van der Waals surface area (Å²) in [6.45, 7) is 1.87. The van der Waals surface area contributed by atoms with E-state index in [0.29, 0.717) is 28.1 Å². The number of nitrogens with one attached hydrogen (secondary N) is 1. The van der Waals surface area contributed by atoms with E-state index in [9.17, 15) is 23.8 Å². The number of anilines is 2. The molecule has 4 aromatic rings. The number of sulfonamides is 1. The van der Waals surface area contributed by atoms with Crippen molar-refractivity contribution < 1.29 is 13.3 Å². The second-order valence-corrected chi connectivity index (χ2v) is 9.41. The zero-order valence-electron chi connectivity index (χ0n) is 18.5. The van der Waals surface area contributed by atoms with Gasteiger partial charge in [-0.15, -0.1) is 0 Å². The Kier molecular flexibility index (Phi) is 6.18. The number of nitrogen functional groups attached to an aromatic ring is 1. The number of nitrogens with two attached hydrogens (primary N) is 1. The summed E-state index contributed by atoms with van der Waals surface area (Å²) in [6.07, 6.45) is 0. The lowest BCUT2D eigenvalue weighted by atomic mass is 9.98. The second-order valence-electron chi connectivity index (χ2n) is 7.73. The molecule has 9 nitrogen and oxygen atoms in total. The van der Waals surface area contributed by atoms with Crippen molar-refractivity contribution in [1.82, 2.24) is 4.98 Å². The fraction of sp³-hybridized carbons (Fsp3) is 0.0400. The van der Waals surface area contributed by atoms with E-state index in [2.05, 4.69) is 9.71 Å². The molecule has 0 fully saturated rings. The fourth-order valence-corrected chi connectivity index (χ4v) is 4.52. The lowest BCUT2D eigenvalue weighted by Gasteiger charge is -2.12. The van der Waals surface area contributed by atoms with Crippen molar-refractivity contribution in [1.29, 1.82) is 5.26 Å². The molecule has 0 saturated heterocycles. The van der Waals surface area contributed by atoms with E-state index in [-0.39, 0.29) is 22.0 Å². The van der Waals surface area contributed by atoms with E-state index in [1.165, 1.54) is 24.3 Å². The maximum Gasteiger partial charge on any atom is 0.269 e. The van der Waals surface area contributed by atoms with Crippen LogP contribution >= 0.6 is 0 Å². The molecule has 174 valence electrons. The molecule has 1 heterocycles. The van der Waals surface area contributed by atoms with Gasteiger partial charge in [0, 0.05) is 28.9 Å². The molecule has 0 unspecified atom stereocenters. The molecule has 0 radical (unpaired) electrons. The second kappa shape index (κ2) is 9.24. The molecule has 0 spiro atoms. The Morgan fingerprint density at radius 2 is 1.57 bits per heavy atom. The summed E-state index contributed by atoms with van der Waals surface area (Å²) in [5.41, 5.74) is 9.60. The summed E-state index contributed by atoms with van der Waals surface area (Å²) < 4.78 is 27.8. The number of nitrogens with zero attached hydrogens (tertiary/aromatic N) is 3. The molecule has 0 bridgehead atoms.